The van der Waals surface area contributed by atoms with Crippen molar-refractivity contribution < 1.29 is 4.74 Å². The summed E-state index contributed by atoms with van der Waals surface area (Å²) in [4.78, 5) is 15.5. The molecule has 2 heterocycles. The molecular formula is C13H23N5OS. The van der Waals surface area contributed by atoms with E-state index in [2.05, 4.69) is 39.0 Å². The van der Waals surface area contributed by atoms with Gasteiger partial charge in [-0.05, 0) is 20.8 Å². The van der Waals surface area contributed by atoms with Crippen molar-refractivity contribution >= 4 is 23.7 Å². The smallest absolute Gasteiger partial charge is 0.323 e. The fourth-order valence-electron chi connectivity index (χ4n) is 2.12. The maximum absolute atomic E-state index is 5.45. The third kappa shape index (κ3) is 3.45. The third-order valence-corrected chi connectivity index (χ3v) is 4.69. The van der Waals surface area contributed by atoms with Gasteiger partial charge in [-0.15, -0.1) is 0 Å². The van der Waals surface area contributed by atoms with Gasteiger partial charge in [0.1, 0.15) is 0 Å². The number of thioether (sulfide) groups is 1. The van der Waals surface area contributed by atoms with Gasteiger partial charge in [0.25, 0.3) is 0 Å². The summed E-state index contributed by atoms with van der Waals surface area (Å²) in [5.41, 5.74) is 0. The van der Waals surface area contributed by atoms with Crippen molar-refractivity contribution in [3.8, 4) is 6.01 Å². The molecule has 2 rings (SSSR count). The van der Waals surface area contributed by atoms with Crippen molar-refractivity contribution in [1.82, 2.24) is 15.0 Å². The molecule has 6 nitrogen and oxygen atoms in total. The lowest BCUT2D eigenvalue weighted by atomic mass is 10.2. The summed E-state index contributed by atoms with van der Waals surface area (Å²) in [5.74, 6) is 2.38. The predicted octanol–water partition coefficient (Wildman–Crippen LogP) is 2.03. The van der Waals surface area contributed by atoms with Gasteiger partial charge >= 0.3 is 6.01 Å². The Morgan fingerprint density at radius 3 is 2.80 bits per heavy atom. The minimum atomic E-state index is 0.395. The number of hydrogen-bond donors (Lipinski definition) is 1. The first-order valence-corrected chi connectivity index (χ1v) is 8.21. The summed E-state index contributed by atoms with van der Waals surface area (Å²) in [6, 6.07) is 0.798. The fourth-order valence-corrected chi connectivity index (χ4v) is 3.22. The highest BCUT2D eigenvalue weighted by Crippen LogP contribution is 2.28. The first kappa shape index (κ1) is 15.2. The Morgan fingerprint density at radius 1 is 1.30 bits per heavy atom. The van der Waals surface area contributed by atoms with Gasteiger partial charge < -0.3 is 15.0 Å². The molecule has 1 fully saturated rings. The van der Waals surface area contributed by atoms with E-state index < -0.39 is 0 Å². The number of rotatable bonds is 5. The van der Waals surface area contributed by atoms with Crippen LogP contribution in [0.25, 0.3) is 0 Å². The summed E-state index contributed by atoms with van der Waals surface area (Å²) in [6.45, 7) is 10.7. The maximum Gasteiger partial charge on any atom is 0.323 e. The van der Waals surface area contributed by atoms with Gasteiger partial charge in [0.05, 0.1) is 6.61 Å². The summed E-state index contributed by atoms with van der Waals surface area (Å²) >= 11 is 1.99. The summed E-state index contributed by atoms with van der Waals surface area (Å²) in [7, 11) is 0. The van der Waals surface area contributed by atoms with Crippen molar-refractivity contribution in [1.29, 1.82) is 0 Å². The van der Waals surface area contributed by atoms with Crippen molar-refractivity contribution in [3.63, 3.8) is 0 Å². The molecule has 0 amide bonds. The second-order valence-electron chi connectivity index (χ2n) is 4.71. The minimum Gasteiger partial charge on any atom is -0.464 e. The van der Waals surface area contributed by atoms with E-state index in [0.717, 1.165) is 18.8 Å². The minimum absolute atomic E-state index is 0.395. The molecule has 2 atom stereocenters. The van der Waals surface area contributed by atoms with E-state index in [1.165, 1.54) is 0 Å². The standard InChI is InChI=1S/C13H23N5OS/c1-5-14-11-15-12(17-13(16-11)19-6-2)18-7-8-20-10(4)9(18)3/h9-10H,5-8H2,1-4H3,(H,14,15,16,17). The number of anilines is 2. The van der Waals surface area contributed by atoms with E-state index in [9.17, 15) is 0 Å². The van der Waals surface area contributed by atoms with E-state index >= 15 is 0 Å². The lowest BCUT2D eigenvalue weighted by Crippen LogP contribution is -2.45. The zero-order valence-corrected chi connectivity index (χ0v) is 13.4. The molecule has 1 aliphatic rings. The molecule has 0 bridgehead atoms. The van der Waals surface area contributed by atoms with E-state index in [4.69, 9.17) is 4.74 Å². The van der Waals surface area contributed by atoms with Crippen LogP contribution < -0.4 is 15.0 Å². The van der Waals surface area contributed by atoms with Crippen LogP contribution in [-0.2, 0) is 0 Å². The van der Waals surface area contributed by atoms with Crippen LogP contribution in [-0.4, -0.2) is 51.7 Å². The number of nitrogens with one attached hydrogen (secondary N) is 1. The van der Waals surface area contributed by atoms with Crippen LogP contribution in [0.15, 0.2) is 0 Å². The summed E-state index contributed by atoms with van der Waals surface area (Å²) in [5, 5.41) is 3.71. The fraction of sp³-hybridized carbons (Fsp3) is 0.769. The first-order valence-electron chi connectivity index (χ1n) is 7.16. The second-order valence-corrected chi connectivity index (χ2v) is 6.20. The SMILES string of the molecule is CCNc1nc(OCC)nc(N2CCSC(C)C2C)n1. The molecule has 1 aliphatic heterocycles. The Hall–Kier alpha value is -1.24. The maximum atomic E-state index is 5.45. The van der Waals surface area contributed by atoms with Crippen LogP contribution in [0.1, 0.15) is 27.7 Å². The molecule has 1 aromatic rings. The number of nitrogens with zero attached hydrogens (tertiary/aromatic N) is 4. The molecule has 1 aromatic heterocycles. The summed E-state index contributed by atoms with van der Waals surface area (Å²) < 4.78 is 5.45. The summed E-state index contributed by atoms with van der Waals surface area (Å²) in [6.07, 6.45) is 0. The molecule has 2 unspecified atom stereocenters. The average molecular weight is 297 g/mol. The van der Waals surface area contributed by atoms with Gasteiger partial charge in [0, 0.05) is 30.1 Å². The van der Waals surface area contributed by atoms with Crippen molar-refractivity contribution in [2.45, 2.75) is 39.0 Å². The number of hydrogen-bond acceptors (Lipinski definition) is 7. The van der Waals surface area contributed by atoms with Gasteiger partial charge in [0.2, 0.25) is 11.9 Å². The Balaban J connectivity index is 2.28. The normalized spacial score (nSPS) is 22.7. The predicted molar refractivity (Wildman–Crippen MR) is 83.9 cm³/mol. The molecule has 1 N–H and O–H groups in total. The van der Waals surface area contributed by atoms with Crippen molar-refractivity contribution in [2.24, 2.45) is 0 Å². The third-order valence-electron chi connectivity index (χ3n) is 3.35. The van der Waals surface area contributed by atoms with Gasteiger partial charge in [0.15, 0.2) is 0 Å². The van der Waals surface area contributed by atoms with Gasteiger partial charge in [-0.25, -0.2) is 0 Å². The molecule has 7 heteroatoms. The molecule has 0 radical (unpaired) electrons. The number of aromatic nitrogens is 3. The lowest BCUT2D eigenvalue weighted by Gasteiger charge is -2.37. The van der Waals surface area contributed by atoms with Gasteiger partial charge in [-0.1, -0.05) is 6.92 Å². The topological polar surface area (TPSA) is 63.2 Å². The Morgan fingerprint density at radius 2 is 2.10 bits per heavy atom. The van der Waals surface area contributed by atoms with E-state index in [1.54, 1.807) is 0 Å². The highest BCUT2D eigenvalue weighted by molar-refractivity contribution is 8.00. The number of ether oxygens (including phenoxy) is 1. The highest BCUT2D eigenvalue weighted by Gasteiger charge is 2.28. The van der Waals surface area contributed by atoms with E-state index in [-0.39, 0.29) is 0 Å². The molecular weight excluding hydrogens is 274 g/mol. The second kappa shape index (κ2) is 6.97. The van der Waals surface area contributed by atoms with Crippen molar-refractivity contribution in [2.75, 3.05) is 35.7 Å². The lowest BCUT2D eigenvalue weighted by molar-refractivity contribution is 0.311. The molecule has 112 valence electrons. The van der Waals surface area contributed by atoms with Crippen LogP contribution in [0.3, 0.4) is 0 Å². The highest BCUT2D eigenvalue weighted by atomic mass is 32.2. The van der Waals surface area contributed by atoms with E-state index in [1.807, 2.05) is 25.6 Å². The molecule has 20 heavy (non-hydrogen) atoms. The quantitative estimate of drug-likeness (QED) is 0.892. The zero-order chi connectivity index (χ0) is 14.5. The Labute approximate surface area is 124 Å². The average Bonchev–Trinajstić information content (AvgIpc) is 2.42. The Bertz CT molecular complexity index is 421. The van der Waals surface area contributed by atoms with Gasteiger partial charge in [-0.2, -0.15) is 26.7 Å². The molecule has 0 aromatic carbocycles. The molecule has 0 saturated carbocycles. The van der Waals surface area contributed by atoms with Gasteiger partial charge in [-0.3, -0.25) is 0 Å². The molecule has 0 aliphatic carbocycles. The first-order chi connectivity index (χ1) is 9.65. The van der Waals surface area contributed by atoms with E-state index in [0.29, 0.717) is 35.8 Å². The van der Waals surface area contributed by atoms with Crippen LogP contribution in [0.4, 0.5) is 11.9 Å². The Kier molecular flexibility index (Phi) is 5.28. The van der Waals surface area contributed by atoms with Crippen LogP contribution in [0.2, 0.25) is 0 Å². The molecule has 0 spiro atoms. The zero-order valence-electron chi connectivity index (χ0n) is 12.6. The largest absolute Gasteiger partial charge is 0.464 e. The van der Waals surface area contributed by atoms with Crippen molar-refractivity contribution in [3.05, 3.63) is 0 Å². The molecule has 1 saturated heterocycles. The monoisotopic (exact) mass is 297 g/mol. The van der Waals surface area contributed by atoms with Crippen LogP contribution >= 0.6 is 11.8 Å². The van der Waals surface area contributed by atoms with Crippen LogP contribution in [0.5, 0.6) is 6.01 Å². The van der Waals surface area contributed by atoms with Crippen LogP contribution in [0, 0.1) is 0 Å².